The third-order valence-corrected chi connectivity index (χ3v) is 3.78. The van der Waals surface area contributed by atoms with Gasteiger partial charge in [0.2, 0.25) is 5.60 Å². The van der Waals surface area contributed by atoms with Crippen LogP contribution < -0.4 is 0 Å². The van der Waals surface area contributed by atoms with Crippen molar-refractivity contribution in [2.24, 2.45) is 0 Å². The summed E-state index contributed by atoms with van der Waals surface area (Å²) in [6.45, 7) is 0. The highest BCUT2D eigenvalue weighted by atomic mass is 16.7. The number of methoxy groups -OCH3 is 1. The van der Waals surface area contributed by atoms with Crippen LogP contribution in [0.1, 0.15) is 11.1 Å². The molecule has 1 fully saturated rings. The maximum Gasteiger partial charge on any atom is 0.345 e. The molecule has 3 nitrogen and oxygen atoms in total. The van der Waals surface area contributed by atoms with Gasteiger partial charge in [-0.1, -0.05) is 78.9 Å². The van der Waals surface area contributed by atoms with Crippen LogP contribution in [-0.2, 0) is 14.3 Å². The van der Waals surface area contributed by atoms with E-state index in [9.17, 15) is 4.79 Å². The Morgan fingerprint density at radius 2 is 1.57 bits per heavy atom. The van der Waals surface area contributed by atoms with E-state index in [1.54, 1.807) is 6.08 Å². The minimum absolute atomic E-state index is 0.310. The summed E-state index contributed by atoms with van der Waals surface area (Å²) in [5.41, 5.74) is 1.06. The molecule has 0 N–H and O–H groups in total. The molecule has 1 saturated heterocycles. The Balaban J connectivity index is 1.77. The predicted octanol–water partition coefficient (Wildman–Crippen LogP) is 3.72. The van der Waals surface area contributed by atoms with Crippen molar-refractivity contribution in [3.05, 3.63) is 83.9 Å². The standard InChI is InChI=1S/C20H18O3/c1-22-19(21)20(15-14-17-10-6-3-7-11-17)18(23-20)13-12-16-8-4-2-5-9-16/h2-15,18H,1H3/b13-12+,15-14+. The van der Waals surface area contributed by atoms with Crippen molar-refractivity contribution in [2.45, 2.75) is 11.7 Å². The summed E-state index contributed by atoms with van der Waals surface area (Å²) in [6.07, 6.45) is 7.18. The largest absolute Gasteiger partial charge is 0.467 e. The molecule has 0 amide bonds. The molecular weight excluding hydrogens is 288 g/mol. The van der Waals surface area contributed by atoms with E-state index in [1.807, 2.05) is 78.9 Å². The fourth-order valence-corrected chi connectivity index (χ4v) is 2.43. The van der Waals surface area contributed by atoms with Gasteiger partial charge in [0, 0.05) is 0 Å². The summed E-state index contributed by atoms with van der Waals surface area (Å²) in [5.74, 6) is -0.382. The second-order valence-corrected chi connectivity index (χ2v) is 5.34. The summed E-state index contributed by atoms with van der Waals surface area (Å²) < 4.78 is 10.6. The van der Waals surface area contributed by atoms with Gasteiger partial charge < -0.3 is 9.47 Å². The zero-order valence-corrected chi connectivity index (χ0v) is 12.9. The fraction of sp³-hybridized carbons (Fsp3) is 0.150. The highest BCUT2D eigenvalue weighted by Crippen LogP contribution is 2.41. The summed E-state index contributed by atoms with van der Waals surface area (Å²) in [6, 6.07) is 19.7. The van der Waals surface area contributed by atoms with E-state index in [0.717, 1.165) is 11.1 Å². The van der Waals surface area contributed by atoms with Gasteiger partial charge in [-0.2, -0.15) is 0 Å². The SMILES string of the molecule is COC(=O)C1(/C=C/c2ccccc2)OC1/C=C/c1ccccc1. The third-order valence-electron chi connectivity index (χ3n) is 3.78. The molecule has 2 atom stereocenters. The smallest absolute Gasteiger partial charge is 0.345 e. The minimum atomic E-state index is -1.02. The first kappa shape index (κ1) is 15.3. The van der Waals surface area contributed by atoms with Crippen LogP contribution in [0.15, 0.2) is 72.8 Å². The highest BCUT2D eigenvalue weighted by Gasteiger charge is 2.60. The average molecular weight is 306 g/mol. The summed E-state index contributed by atoms with van der Waals surface area (Å²) in [5, 5.41) is 0. The van der Waals surface area contributed by atoms with Crippen molar-refractivity contribution in [1.82, 2.24) is 0 Å². The first-order valence-electron chi connectivity index (χ1n) is 7.48. The Morgan fingerprint density at radius 1 is 1.00 bits per heavy atom. The second kappa shape index (κ2) is 6.63. The van der Waals surface area contributed by atoms with Gasteiger partial charge in [-0.05, 0) is 17.2 Å². The van der Waals surface area contributed by atoms with Crippen molar-refractivity contribution in [3.63, 3.8) is 0 Å². The molecule has 1 aliphatic rings. The van der Waals surface area contributed by atoms with E-state index in [1.165, 1.54) is 7.11 Å². The number of carbonyl (C=O) groups is 1. The van der Waals surface area contributed by atoms with Crippen molar-refractivity contribution in [2.75, 3.05) is 7.11 Å². The van der Waals surface area contributed by atoms with E-state index >= 15 is 0 Å². The first-order chi connectivity index (χ1) is 11.2. The van der Waals surface area contributed by atoms with Gasteiger partial charge in [-0.25, -0.2) is 4.79 Å². The molecule has 0 aliphatic carbocycles. The van der Waals surface area contributed by atoms with Crippen LogP contribution >= 0.6 is 0 Å². The van der Waals surface area contributed by atoms with E-state index < -0.39 is 5.60 Å². The van der Waals surface area contributed by atoms with Crippen molar-refractivity contribution >= 4 is 18.1 Å². The topological polar surface area (TPSA) is 38.8 Å². The molecule has 116 valence electrons. The Hall–Kier alpha value is -2.65. The van der Waals surface area contributed by atoms with Crippen LogP contribution in [0.25, 0.3) is 12.2 Å². The van der Waals surface area contributed by atoms with Crippen molar-refractivity contribution < 1.29 is 14.3 Å². The predicted molar refractivity (Wildman–Crippen MR) is 90.6 cm³/mol. The number of esters is 1. The van der Waals surface area contributed by atoms with Crippen LogP contribution in [0.3, 0.4) is 0 Å². The van der Waals surface area contributed by atoms with Crippen molar-refractivity contribution in [1.29, 1.82) is 0 Å². The lowest BCUT2D eigenvalue weighted by Crippen LogP contribution is -2.25. The molecule has 2 unspecified atom stereocenters. The normalized spacial score (nSPS) is 23.3. The van der Waals surface area contributed by atoms with Gasteiger partial charge in [-0.3, -0.25) is 0 Å². The van der Waals surface area contributed by atoms with Crippen LogP contribution in [0, 0.1) is 0 Å². The van der Waals surface area contributed by atoms with E-state index in [0.29, 0.717) is 0 Å². The minimum Gasteiger partial charge on any atom is -0.467 e. The Kier molecular flexibility index (Phi) is 4.40. The number of carbonyl (C=O) groups excluding carboxylic acids is 1. The van der Waals surface area contributed by atoms with Crippen LogP contribution in [-0.4, -0.2) is 24.8 Å². The monoisotopic (exact) mass is 306 g/mol. The quantitative estimate of drug-likeness (QED) is 0.624. The molecule has 2 aromatic carbocycles. The maximum absolute atomic E-state index is 12.1. The zero-order chi connectivity index (χ0) is 16.1. The molecule has 2 aromatic rings. The first-order valence-corrected chi connectivity index (χ1v) is 7.48. The fourth-order valence-electron chi connectivity index (χ4n) is 2.43. The van der Waals surface area contributed by atoms with Crippen LogP contribution in [0.4, 0.5) is 0 Å². The number of hydrogen-bond donors (Lipinski definition) is 0. The molecule has 0 spiro atoms. The lowest BCUT2D eigenvalue weighted by molar-refractivity contribution is -0.144. The van der Waals surface area contributed by atoms with Gasteiger partial charge in [0.15, 0.2) is 0 Å². The van der Waals surface area contributed by atoms with E-state index in [4.69, 9.17) is 9.47 Å². The van der Waals surface area contributed by atoms with Gasteiger partial charge in [0.1, 0.15) is 6.10 Å². The van der Waals surface area contributed by atoms with Gasteiger partial charge in [0.25, 0.3) is 0 Å². The number of hydrogen-bond acceptors (Lipinski definition) is 3. The molecule has 0 radical (unpaired) electrons. The summed E-state index contributed by atoms with van der Waals surface area (Å²) in [4.78, 5) is 12.1. The molecule has 3 heteroatoms. The molecule has 0 aromatic heterocycles. The summed E-state index contributed by atoms with van der Waals surface area (Å²) >= 11 is 0. The molecular formula is C20H18O3. The number of benzene rings is 2. The number of rotatable bonds is 5. The lowest BCUT2D eigenvalue weighted by Gasteiger charge is -2.04. The molecule has 1 heterocycles. The highest BCUT2D eigenvalue weighted by molar-refractivity contribution is 5.88. The second-order valence-electron chi connectivity index (χ2n) is 5.34. The summed E-state index contributed by atoms with van der Waals surface area (Å²) in [7, 11) is 1.38. The van der Waals surface area contributed by atoms with Crippen molar-refractivity contribution in [3.8, 4) is 0 Å². The zero-order valence-electron chi connectivity index (χ0n) is 12.9. The average Bonchev–Trinajstić information content (AvgIpc) is 3.34. The van der Waals surface area contributed by atoms with Crippen LogP contribution in [0.2, 0.25) is 0 Å². The maximum atomic E-state index is 12.1. The molecule has 3 rings (SSSR count). The van der Waals surface area contributed by atoms with Crippen LogP contribution in [0.5, 0.6) is 0 Å². The Bertz CT molecular complexity index is 719. The Labute approximate surface area is 135 Å². The van der Waals surface area contributed by atoms with E-state index in [-0.39, 0.29) is 12.1 Å². The molecule has 0 saturated carbocycles. The molecule has 0 bridgehead atoms. The third kappa shape index (κ3) is 3.41. The van der Waals surface area contributed by atoms with Gasteiger partial charge >= 0.3 is 5.97 Å². The molecule has 1 aliphatic heterocycles. The van der Waals surface area contributed by atoms with Gasteiger partial charge in [-0.15, -0.1) is 0 Å². The Morgan fingerprint density at radius 3 is 2.13 bits per heavy atom. The number of ether oxygens (including phenoxy) is 2. The number of epoxide rings is 1. The molecule has 23 heavy (non-hydrogen) atoms. The van der Waals surface area contributed by atoms with E-state index in [2.05, 4.69) is 0 Å². The van der Waals surface area contributed by atoms with Gasteiger partial charge in [0.05, 0.1) is 7.11 Å². The lowest BCUT2D eigenvalue weighted by atomic mass is 10.0.